The molecule has 1 aliphatic carbocycles. The summed E-state index contributed by atoms with van der Waals surface area (Å²) in [6.07, 6.45) is 1.51. The number of allylic oxidation sites excluding steroid dienone is 1. The zero-order valence-corrected chi connectivity index (χ0v) is 18.5. The Kier molecular flexibility index (Phi) is 4.44. The number of nitrogens with two attached hydrogens (primary N) is 1. The van der Waals surface area contributed by atoms with Crippen molar-refractivity contribution in [3.8, 4) is 6.07 Å². The molecule has 2 heterocycles. The van der Waals surface area contributed by atoms with Crippen LogP contribution in [0, 0.1) is 25.2 Å². The first-order valence-corrected chi connectivity index (χ1v) is 10.8. The van der Waals surface area contributed by atoms with E-state index in [1.165, 1.54) is 0 Å². The van der Waals surface area contributed by atoms with E-state index < -0.39 is 11.3 Å². The number of aryl methyl sites for hydroxylation is 2. The van der Waals surface area contributed by atoms with Crippen LogP contribution in [0.3, 0.4) is 0 Å². The molecule has 0 saturated heterocycles. The van der Waals surface area contributed by atoms with Gasteiger partial charge in [0.25, 0.3) is 0 Å². The lowest BCUT2D eigenvalue weighted by molar-refractivity contribution is -0.122. The molecule has 1 atom stereocenters. The lowest BCUT2D eigenvalue weighted by Crippen LogP contribution is -2.50. The van der Waals surface area contributed by atoms with Crippen LogP contribution in [-0.2, 0) is 15.0 Å². The van der Waals surface area contributed by atoms with Gasteiger partial charge in [0.2, 0.25) is 5.91 Å². The Morgan fingerprint density at radius 1 is 1.16 bits per heavy atom. The van der Waals surface area contributed by atoms with Gasteiger partial charge in [-0.2, -0.15) is 5.26 Å². The van der Waals surface area contributed by atoms with Crippen LogP contribution < -0.4 is 16.0 Å². The number of rotatable bonds is 1. The van der Waals surface area contributed by atoms with Crippen molar-refractivity contribution in [2.24, 2.45) is 5.73 Å². The molecule has 2 aliphatic heterocycles. The first-order valence-electron chi connectivity index (χ1n) is 10.5. The van der Waals surface area contributed by atoms with Crippen molar-refractivity contribution >= 4 is 34.7 Å². The number of hydrogen-bond acceptors (Lipinski definition) is 5. The van der Waals surface area contributed by atoms with E-state index in [0.717, 1.165) is 11.1 Å². The standard InChI is InChI=1S/C25H21ClN4O2/c1-13-6-9-18-16(10-13)25(24(32)29-18)17(12-27)23(28)30(19-4-3-5-21(31)22(19)25)20-11-15(26)8-7-14(20)2/h6-11H,3-5,28H2,1-2H3,(H,29,32)/t25-/m1/s1. The van der Waals surface area contributed by atoms with Gasteiger partial charge in [0.15, 0.2) is 5.78 Å². The number of nitrogens with one attached hydrogen (secondary N) is 1. The number of carbonyl (C=O) groups is 2. The Balaban J connectivity index is 1.91. The predicted octanol–water partition coefficient (Wildman–Crippen LogP) is 4.37. The van der Waals surface area contributed by atoms with Crippen LogP contribution in [0.5, 0.6) is 0 Å². The average molecular weight is 445 g/mol. The second kappa shape index (κ2) is 6.98. The molecular weight excluding hydrogens is 424 g/mol. The van der Waals surface area contributed by atoms with E-state index in [-0.39, 0.29) is 17.2 Å². The minimum Gasteiger partial charge on any atom is -0.384 e. The minimum atomic E-state index is -1.55. The number of carbonyl (C=O) groups excluding carboxylic acids is 2. The maximum absolute atomic E-state index is 13.6. The fraction of sp³-hybridized carbons (Fsp3) is 0.240. The summed E-state index contributed by atoms with van der Waals surface area (Å²) in [5.41, 5.74) is 9.90. The highest BCUT2D eigenvalue weighted by molar-refractivity contribution is 6.31. The van der Waals surface area contributed by atoms with Gasteiger partial charge in [-0.25, -0.2) is 0 Å². The van der Waals surface area contributed by atoms with Gasteiger partial charge >= 0.3 is 0 Å². The largest absolute Gasteiger partial charge is 0.384 e. The number of halogens is 1. The van der Waals surface area contributed by atoms with Gasteiger partial charge in [-0.3, -0.25) is 14.5 Å². The quantitative estimate of drug-likeness (QED) is 0.680. The maximum atomic E-state index is 13.6. The van der Waals surface area contributed by atoms with E-state index in [0.29, 0.717) is 52.5 Å². The van der Waals surface area contributed by atoms with E-state index >= 15 is 0 Å². The summed E-state index contributed by atoms with van der Waals surface area (Å²) in [5.74, 6) is -0.403. The summed E-state index contributed by atoms with van der Waals surface area (Å²) < 4.78 is 0. The first kappa shape index (κ1) is 20.3. The molecular formula is C25H21ClN4O2. The molecule has 0 radical (unpaired) electrons. The van der Waals surface area contributed by atoms with Gasteiger partial charge in [-0.15, -0.1) is 0 Å². The summed E-state index contributed by atoms with van der Waals surface area (Å²) >= 11 is 6.29. The predicted molar refractivity (Wildman–Crippen MR) is 123 cm³/mol. The number of benzene rings is 2. The fourth-order valence-electron chi connectivity index (χ4n) is 5.20. The number of nitrogens with zero attached hydrogens (tertiary/aromatic N) is 2. The molecule has 3 N–H and O–H groups in total. The SMILES string of the molecule is Cc1ccc2c(c1)[C@@]1(C(=O)N2)C(C#N)=C(N)N(c2cc(Cl)ccc2C)C2=C1C(=O)CCC2. The second-order valence-corrected chi connectivity index (χ2v) is 8.93. The summed E-state index contributed by atoms with van der Waals surface area (Å²) in [6, 6.07) is 13.2. The molecule has 0 aromatic heterocycles. The Labute approximate surface area is 191 Å². The molecule has 0 fully saturated rings. The fourth-order valence-corrected chi connectivity index (χ4v) is 5.37. The molecule has 1 spiro atoms. The highest BCUT2D eigenvalue weighted by Crippen LogP contribution is 2.55. The smallest absolute Gasteiger partial charge is 0.245 e. The van der Waals surface area contributed by atoms with Crippen LogP contribution in [0.25, 0.3) is 0 Å². The van der Waals surface area contributed by atoms with E-state index in [1.54, 1.807) is 17.0 Å². The number of fused-ring (bicyclic) bond motifs is 3. The summed E-state index contributed by atoms with van der Waals surface area (Å²) in [7, 11) is 0. The third kappa shape index (κ3) is 2.52. The van der Waals surface area contributed by atoms with Crippen molar-refractivity contribution in [3.63, 3.8) is 0 Å². The third-order valence-corrected chi connectivity index (χ3v) is 6.83. The molecule has 1 amide bonds. The Bertz CT molecular complexity index is 1330. The van der Waals surface area contributed by atoms with E-state index in [1.807, 2.05) is 38.1 Å². The minimum absolute atomic E-state index is 0.0627. The van der Waals surface area contributed by atoms with Crippen LogP contribution >= 0.6 is 11.6 Å². The van der Waals surface area contributed by atoms with Crippen molar-refractivity contribution in [1.82, 2.24) is 0 Å². The number of nitriles is 1. The van der Waals surface area contributed by atoms with Crippen LogP contribution in [0.2, 0.25) is 5.02 Å². The van der Waals surface area contributed by atoms with Crippen molar-refractivity contribution < 1.29 is 9.59 Å². The van der Waals surface area contributed by atoms with Gasteiger partial charge < -0.3 is 11.1 Å². The van der Waals surface area contributed by atoms with Gasteiger partial charge in [0, 0.05) is 34.0 Å². The zero-order chi connectivity index (χ0) is 22.8. The lowest BCUT2D eigenvalue weighted by Gasteiger charge is -2.44. The second-order valence-electron chi connectivity index (χ2n) is 8.49. The topological polar surface area (TPSA) is 99.2 Å². The Morgan fingerprint density at radius 3 is 2.69 bits per heavy atom. The molecule has 0 saturated carbocycles. The molecule has 160 valence electrons. The van der Waals surface area contributed by atoms with Crippen molar-refractivity contribution in [2.45, 2.75) is 38.5 Å². The summed E-state index contributed by atoms with van der Waals surface area (Å²) in [4.78, 5) is 28.8. The molecule has 7 heteroatoms. The third-order valence-electron chi connectivity index (χ3n) is 6.59. The number of anilines is 2. The normalized spacial score (nSPS) is 22.1. The summed E-state index contributed by atoms with van der Waals surface area (Å²) in [5, 5.41) is 13.7. The number of hydrogen-bond donors (Lipinski definition) is 2. The molecule has 32 heavy (non-hydrogen) atoms. The average Bonchev–Trinajstić information content (AvgIpc) is 3.03. The van der Waals surface area contributed by atoms with Gasteiger partial charge in [-0.1, -0.05) is 35.4 Å². The molecule has 2 aromatic carbocycles. The molecule has 6 nitrogen and oxygen atoms in total. The van der Waals surface area contributed by atoms with Crippen molar-refractivity contribution in [2.75, 3.05) is 10.2 Å². The number of amides is 1. The van der Waals surface area contributed by atoms with E-state index in [2.05, 4.69) is 11.4 Å². The van der Waals surface area contributed by atoms with Gasteiger partial charge in [0.05, 0.1) is 11.3 Å². The van der Waals surface area contributed by atoms with Crippen LogP contribution in [0.4, 0.5) is 11.4 Å². The lowest BCUT2D eigenvalue weighted by atomic mass is 9.63. The highest BCUT2D eigenvalue weighted by atomic mass is 35.5. The molecule has 5 rings (SSSR count). The first-order chi connectivity index (χ1) is 15.3. The molecule has 3 aliphatic rings. The van der Waals surface area contributed by atoms with Crippen LogP contribution in [0.15, 0.2) is 59.1 Å². The monoisotopic (exact) mass is 444 g/mol. The molecule has 2 aromatic rings. The van der Waals surface area contributed by atoms with Crippen molar-refractivity contribution in [1.29, 1.82) is 5.26 Å². The highest BCUT2D eigenvalue weighted by Gasteiger charge is 2.60. The zero-order valence-electron chi connectivity index (χ0n) is 17.8. The van der Waals surface area contributed by atoms with Crippen molar-refractivity contribution in [3.05, 3.63) is 80.8 Å². The van der Waals surface area contributed by atoms with Crippen LogP contribution in [0.1, 0.15) is 36.0 Å². The van der Waals surface area contributed by atoms with Gasteiger partial charge in [0.1, 0.15) is 17.3 Å². The van der Waals surface area contributed by atoms with E-state index in [4.69, 9.17) is 17.3 Å². The molecule has 0 unspecified atom stereocenters. The molecule has 0 bridgehead atoms. The summed E-state index contributed by atoms with van der Waals surface area (Å²) in [6.45, 7) is 3.83. The van der Waals surface area contributed by atoms with E-state index in [9.17, 15) is 14.9 Å². The Hall–Kier alpha value is -3.56. The maximum Gasteiger partial charge on any atom is 0.245 e. The Morgan fingerprint density at radius 2 is 1.94 bits per heavy atom. The number of Topliss-reactive ketones (excluding diaryl/α,β-unsaturated/α-hetero) is 1. The van der Waals surface area contributed by atoms with Gasteiger partial charge in [-0.05, 0) is 50.5 Å². The van der Waals surface area contributed by atoms with Crippen LogP contribution in [-0.4, -0.2) is 11.7 Å². The number of ketones is 1.